The lowest BCUT2D eigenvalue weighted by Crippen LogP contribution is -2.28. The Morgan fingerprint density at radius 3 is 2.62 bits per heavy atom. The molecule has 5 rings (SSSR count). The highest BCUT2D eigenvalue weighted by atomic mass is 16.1. The zero-order valence-corrected chi connectivity index (χ0v) is 17.8. The molecule has 0 radical (unpaired) electrons. The summed E-state index contributed by atoms with van der Waals surface area (Å²) in [5.74, 6) is 0.667. The molecule has 0 saturated heterocycles. The Morgan fingerprint density at radius 1 is 1.03 bits per heavy atom. The fraction of sp³-hybridized carbons (Fsp3) is 0.280. The topological polar surface area (TPSA) is 81.8 Å². The van der Waals surface area contributed by atoms with E-state index in [1.165, 1.54) is 0 Å². The predicted octanol–water partition coefficient (Wildman–Crippen LogP) is 3.21. The lowest BCUT2D eigenvalue weighted by molar-refractivity contribution is -0.121. The monoisotopic (exact) mass is 427 g/mol. The molecule has 4 aromatic rings. The van der Waals surface area contributed by atoms with Crippen molar-refractivity contribution >= 4 is 16.8 Å². The van der Waals surface area contributed by atoms with E-state index in [4.69, 9.17) is 4.98 Å². The Morgan fingerprint density at radius 2 is 1.81 bits per heavy atom. The normalized spacial score (nSPS) is 13.4. The zero-order chi connectivity index (χ0) is 21.9. The summed E-state index contributed by atoms with van der Waals surface area (Å²) in [6.07, 6.45) is 7.27. The van der Waals surface area contributed by atoms with Gasteiger partial charge in [-0.1, -0.05) is 30.3 Å². The number of para-hydroxylation sites is 2. The Bertz CT molecular complexity index is 1300. The molecular weight excluding hydrogens is 402 g/mol. The first kappa shape index (κ1) is 20.2. The average Bonchev–Trinajstić information content (AvgIpc) is 3.55. The van der Waals surface area contributed by atoms with Gasteiger partial charge in [0.25, 0.3) is 5.56 Å². The highest BCUT2D eigenvalue weighted by Gasteiger charge is 2.28. The van der Waals surface area contributed by atoms with Gasteiger partial charge in [0.05, 0.1) is 22.8 Å². The molecule has 7 nitrogen and oxygen atoms in total. The number of fused-ring (bicyclic) bond motifs is 1. The van der Waals surface area contributed by atoms with Crippen LogP contribution in [0.5, 0.6) is 0 Å². The number of nitrogens with one attached hydrogen (secondary N) is 1. The molecule has 0 atom stereocenters. The van der Waals surface area contributed by atoms with E-state index in [0.717, 1.165) is 24.1 Å². The van der Waals surface area contributed by atoms with Crippen LogP contribution in [0.1, 0.15) is 36.7 Å². The molecule has 0 spiro atoms. The number of carbonyl (C=O) groups is 1. The van der Waals surface area contributed by atoms with Crippen molar-refractivity contribution in [2.24, 2.45) is 0 Å². The van der Waals surface area contributed by atoms with Crippen molar-refractivity contribution in [3.05, 3.63) is 88.7 Å². The molecule has 7 heteroatoms. The molecule has 0 aliphatic heterocycles. The molecule has 1 amide bonds. The number of hydrogen-bond donors (Lipinski definition) is 1. The summed E-state index contributed by atoms with van der Waals surface area (Å²) in [6, 6.07) is 17.6. The van der Waals surface area contributed by atoms with Crippen molar-refractivity contribution in [2.75, 3.05) is 6.54 Å². The molecule has 2 aromatic carbocycles. The largest absolute Gasteiger partial charge is 0.356 e. The summed E-state index contributed by atoms with van der Waals surface area (Å²) >= 11 is 0. The van der Waals surface area contributed by atoms with E-state index in [-0.39, 0.29) is 17.5 Å². The number of carbonyl (C=O) groups excluding carboxylic acids is 1. The van der Waals surface area contributed by atoms with E-state index in [9.17, 15) is 9.59 Å². The molecule has 2 heterocycles. The van der Waals surface area contributed by atoms with E-state index in [0.29, 0.717) is 42.5 Å². The summed E-state index contributed by atoms with van der Waals surface area (Å²) in [6.45, 7) is 0.542. The van der Waals surface area contributed by atoms with Crippen molar-refractivity contribution in [3.8, 4) is 5.69 Å². The number of nitrogens with zero attached hydrogens (tertiary/aromatic N) is 4. The average molecular weight is 428 g/mol. The van der Waals surface area contributed by atoms with E-state index < -0.39 is 0 Å². The number of aromatic nitrogens is 4. The molecule has 1 aliphatic rings. The maximum Gasteiger partial charge on any atom is 0.261 e. The van der Waals surface area contributed by atoms with Crippen LogP contribution in [-0.4, -0.2) is 31.8 Å². The minimum Gasteiger partial charge on any atom is -0.356 e. The first-order chi connectivity index (χ1) is 15.7. The number of rotatable bonds is 8. The van der Waals surface area contributed by atoms with Crippen LogP contribution < -0.4 is 10.9 Å². The Hall–Kier alpha value is -3.74. The summed E-state index contributed by atoms with van der Waals surface area (Å²) in [5.41, 5.74) is 2.77. The molecule has 2 aromatic heterocycles. The lowest BCUT2D eigenvalue weighted by atomic mass is 10.2. The predicted molar refractivity (Wildman–Crippen MR) is 123 cm³/mol. The quantitative estimate of drug-likeness (QED) is 0.468. The molecular formula is C25H25N5O2. The molecule has 162 valence electrons. The van der Waals surface area contributed by atoms with Crippen LogP contribution in [0.15, 0.2) is 71.8 Å². The molecule has 1 aliphatic carbocycles. The Balaban J connectivity index is 1.18. The van der Waals surface area contributed by atoms with Crippen LogP contribution in [0.2, 0.25) is 0 Å². The third-order valence-corrected chi connectivity index (χ3v) is 5.76. The van der Waals surface area contributed by atoms with Gasteiger partial charge < -0.3 is 5.32 Å². The van der Waals surface area contributed by atoms with Crippen molar-refractivity contribution < 1.29 is 4.79 Å². The second kappa shape index (κ2) is 8.78. The van der Waals surface area contributed by atoms with Crippen LogP contribution in [0.25, 0.3) is 16.6 Å². The number of amides is 1. The van der Waals surface area contributed by atoms with Gasteiger partial charge in [-0.2, -0.15) is 5.10 Å². The summed E-state index contributed by atoms with van der Waals surface area (Å²) in [7, 11) is 0. The van der Waals surface area contributed by atoms with Gasteiger partial charge in [0.1, 0.15) is 5.82 Å². The third-order valence-electron chi connectivity index (χ3n) is 5.76. The van der Waals surface area contributed by atoms with Crippen molar-refractivity contribution in [1.29, 1.82) is 0 Å². The second-order valence-electron chi connectivity index (χ2n) is 8.18. The molecule has 0 bridgehead atoms. The van der Waals surface area contributed by atoms with Gasteiger partial charge in [0.2, 0.25) is 5.91 Å². The first-order valence-corrected chi connectivity index (χ1v) is 11.0. The van der Waals surface area contributed by atoms with Crippen LogP contribution in [-0.2, 0) is 17.6 Å². The smallest absolute Gasteiger partial charge is 0.261 e. The van der Waals surface area contributed by atoms with E-state index in [1.807, 2.05) is 71.7 Å². The maximum absolute atomic E-state index is 12.9. The highest BCUT2D eigenvalue weighted by Crippen LogP contribution is 2.34. The zero-order valence-electron chi connectivity index (χ0n) is 17.8. The van der Waals surface area contributed by atoms with Crippen LogP contribution in [0, 0.1) is 0 Å². The van der Waals surface area contributed by atoms with Gasteiger partial charge in [-0.05, 0) is 49.1 Å². The van der Waals surface area contributed by atoms with Crippen molar-refractivity contribution in [2.45, 2.75) is 38.1 Å². The van der Waals surface area contributed by atoms with Crippen LogP contribution >= 0.6 is 0 Å². The molecule has 32 heavy (non-hydrogen) atoms. The Kier molecular flexibility index (Phi) is 5.54. The fourth-order valence-electron chi connectivity index (χ4n) is 3.95. The van der Waals surface area contributed by atoms with Crippen LogP contribution in [0.3, 0.4) is 0 Å². The van der Waals surface area contributed by atoms with Gasteiger partial charge in [-0.25, -0.2) is 9.67 Å². The lowest BCUT2D eigenvalue weighted by Gasteiger charge is -2.12. The van der Waals surface area contributed by atoms with Gasteiger partial charge >= 0.3 is 0 Å². The summed E-state index contributed by atoms with van der Waals surface area (Å²) in [5, 5.41) is 8.01. The maximum atomic E-state index is 12.9. The SMILES string of the molecule is O=C(CCc1nc2ccccc2c(=O)n1C1CC1)NCCc1cnn(-c2ccccc2)c1. The van der Waals surface area contributed by atoms with Crippen LogP contribution in [0.4, 0.5) is 0 Å². The minimum absolute atomic E-state index is 0.00364. The summed E-state index contributed by atoms with van der Waals surface area (Å²) < 4.78 is 3.63. The van der Waals surface area contributed by atoms with E-state index >= 15 is 0 Å². The van der Waals surface area contributed by atoms with Gasteiger partial charge in [0, 0.05) is 31.6 Å². The highest BCUT2D eigenvalue weighted by molar-refractivity contribution is 5.78. The Labute approximate surface area is 185 Å². The first-order valence-electron chi connectivity index (χ1n) is 11.0. The molecule has 1 N–H and O–H groups in total. The van der Waals surface area contributed by atoms with Crippen molar-refractivity contribution in [1.82, 2.24) is 24.6 Å². The molecule has 1 saturated carbocycles. The minimum atomic E-state index is -0.0368. The number of hydrogen-bond acceptors (Lipinski definition) is 4. The van der Waals surface area contributed by atoms with E-state index in [1.54, 1.807) is 4.57 Å². The van der Waals surface area contributed by atoms with Gasteiger partial charge in [0.15, 0.2) is 0 Å². The van der Waals surface area contributed by atoms with E-state index in [2.05, 4.69) is 10.4 Å². The van der Waals surface area contributed by atoms with Gasteiger partial charge in [-0.15, -0.1) is 0 Å². The molecule has 1 fully saturated rings. The third kappa shape index (κ3) is 4.32. The number of aryl methyl sites for hydroxylation is 1. The molecule has 0 unspecified atom stereocenters. The summed E-state index contributed by atoms with van der Waals surface area (Å²) in [4.78, 5) is 30.1. The fourth-order valence-corrected chi connectivity index (χ4v) is 3.95. The van der Waals surface area contributed by atoms with Crippen molar-refractivity contribution in [3.63, 3.8) is 0 Å². The standard InChI is InChI=1S/C25H25N5O2/c31-24(26-15-14-18-16-27-29(17-18)19-6-2-1-3-7-19)13-12-23-28-22-9-5-4-8-21(22)25(32)30(23)20-10-11-20/h1-9,16-17,20H,10-15H2,(H,26,31). The van der Waals surface area contributed by atoms with Gasteiger partial charge in [-0.3, -0.25) is 14.2 Å². The number of benzene rings is 2. The second-order valence-corrected chi connectivity index (χ2v) is 8.18.